The van der Waals surface area contributed by atoms with E-state index in [0.29, 0.717) is 16.6 Å². The summed E-state index contributed by atoms with van der Waals surface area (Å²) in [6.45, 7) is 0. The second-order valence-electron chi connectivity index (χ2n) is 3.31. The first kappa shape index (κ1) is 8.05. The van der Waals surface area contributed by atoms with E-state index < -0.39 is 0 Å². The van der Waals surface area contributed by atoms with Gasteiger partial charge in [-0.15, -0.1) is 0 Å². The van der Waals surface area contributed by atoms with Crippen LogP contribution in [0.4, 0.5) is 0 Å². The summed E-state index contributed by atoms with van der Waals surface area (Å²) < 4.78 is 0. The Morgan fingerprint density at radius 2 is 2.20 bits per heavy atom. The Morgan fingerprint density at radius 1 is 1.33 bits per heavy atom. The highest BCUT2D eigenvalue weighted by Crippen LogP contribution is 2.24. The van der Waals surface area contributed by atoms with Crippen molar-refractivity contribution < 1.29 is 5.11 Å². The summed E-state index contributed by atoms with van der Waals surface area (Å²) in [5.74, 6) is 0.158. The first-order chi connectivity index (χ1) is 7.25. The Bertz CT molecular complexity index is 711. The molecule has 0 unspecified atom stereocenters. The molecule has 2 aromatic heterocycles. The van der Waals surface area contributed by atoms with Crippen molar-refractivity contribution in [1.82, 2.24) is 15.0 Å². The third-order valence-electron chi connectivity index (χ3n) is 2.37. The van der Waals surface area contributed by atoms with E-state index in [1.165, 1.54) is 6.33 Å². The number of hydrogen-bond acceptors (Lipinski definition) is 3. The minimum atomic E-state index is -0.212. The minimum Gasteiger partial charge on any atom is -0.508 e. The minimum absolute atomic E-state index is 0.158. The Labute approximate surface area is 83.4 Å². The van der Waals surface area contributed by atoms with Crippen molar-refractivity contribution >= 4 is 21.9 Å². The first-order valence-electron chi connectivity index (χ1n) is 4.44. The molecule has 1 aromatic carbocycles. The summed E-state index contributed by atoms with van der Waals surface area (Å²) >= 11 is 0. The van der Waals surface area contributed by atoms with E-state index in [2.05, 4.69) is 15.0 Å². The smallest absolute Gasteiger partial charge is 0.275 e. The van der Waals surface area contributed by atoms with Crippen LogP contribution in [0.15, 0.2) is 29.3 Å². The van der Waals surface area contributed by atoms with E-state index in [9.17, 15) is 9.90 Å². The fourth-order valence-corrected chi connectivity index (χ4v) is 1.70. The SMILES string of the molecule is O=c1[nH]cnc2c1[nH]c1cc(O)ccc12. The molecule has 3 N–H and O–H groups in total. The number of aromatic nitrogens is 3. The van der Waals surface area contributed by atoms with Crippen LogP contribution in [0.2, 0.25) is 0 Å². The quantitative estimate of drug-likeness (QED) is 0.509. The van der Waals surface area contributed by atoms with Crippen molar-refractivity contribution in [2.45, 2.75) is 0 Å². The van der Waals surface area contributed by atoms with E-state index in [1.54, 1.807) is 18.2 Å². The van der Waals surface area contributed by atoms with Gasteiger partial charge < -0.3 is 15.1 Å². The number of benzene rings is 1. The van der Waals surface area contributed by atoms with Crippen LogP contribution in [0, 0.1) is 0 Å². The van der Waals surface area contributed by atoms with E-state index >= 15 is 0 Å². The van der Waals surface area contributed by atoms with Gasteiger partial charge in [-0.2, -0.15) is 0 Å². The van der Waals surface area contributed by atoms with E-state index in [1.807, 2.05) is 0 Å². The highest BCUT2D eigenvalue weighted by atomic mass is 16.3. The Balaban J connectivity index is 2.63. The molecule has 0 atom stereocenters. The Hall–Kier alpha value is -2.30. The Kier molecular flexibility index (Phi) is 1.39. The lowest BCUT2D eigenvalue weighted by Gasteiger charge is -1.90. The molecular weight excluding hydrogens is 194 g/mol. The van der Waals surface area contributed by atoms with Gasteiger partial charge in [-0.05, 0) is 12.1 Å². The highest BCUT2D eigenvalue weighted by molar-refractivity contribution is 6.04. The Morgan fingerprint density at radius 3 is 3.07 bits per heavy atom. The largest absolute Gasteiger partial charge is 0.508 e. The summed E-state index contributed by atoms with van der Waals surface area (Å²) in [6, 6.07) is 4.87. The predicted molar refractivity (Wildman–Crippen MR) is 55.9 cm³/mol. The molecule has 0 spiro atoms. The van der Waals surface area contributed by atoms with Gasteiger partial charge in [-0.25, -0.2) is 4.98 Å². The summed E-state index contributed by atoms with van der Waals surface area (Å²) in [7, 11) is 0. The number of nitrogens with zero attached hydrogens (tertiary/aromatic N) is 1. The molecule has 0 saturated carbocycles. The number of aromatic hydroxyl groups is 1. The van der Waals surface area contributed by atoms with Gasteiger partial charge in [0, 0.05) is 11.5 Å². The van der Waals surface area contributed by atoms with E-state index in [-0.39, 0.29) is 11.3 Å². The maximum absolute atomic E-state index is 11.4. The zero-order valence-corrected chi connectivity index (χ0v) is 7.61. The predicted octanol–water partition coefficient (Wildman–Crippen LogP) is 1.11. The van der Waals surface area contributed by atoms with Crippen LogP contribution in [0.3, 0.4) is 0 Å². The summed E-state index contributed by atoms with van der Waals surface area (Å²) in [5.41, 5.74) is 1.54. The van der Waals surface area contributed by atoms with Gasteiger partial charge in [0.05, 0.1) is 11.8 Å². The first-order valence-corrected chi connectivity index (χ1v) is 4.44. The number of H-pyrrole nitrogens is 2. The van der Waals surface area contributed by atoms with Crippen molar-refractivity contribution in [2.24, 2.45) is 0 Å². The molecule has 0 aliphatic heterocycles. The number of rotatable bonds is 0. The summed E-state index contributed by atoms with van der Waals surface area (Å²) in [4.78, 5) is 20.9. The topological polar surface area (TPSA) is 81.8 Å². The lowest BCUT2D eigenvalue weighted by Crippen LogP contribution is -2.05. The van der Waals surface area contributed by atoms with Crippen LogP contribution in [0.5, 0.6) is 5.75 Å². The average molecular weight is 201 g/mol. The fourth-order valence-electron chi connectivity index (χ4n) is 1.70. The number of hydrogen-bond donors (Lipinski definition) is 3. The zero-order valence-electron chi connectivity index (χ0n) is 7.61. The monoisotopic (exact) mass is 201 g/mol. The van der Waals surface area contributed by atoms with Crippen molar-refractivity contribution in [3.05, 3.63) is 34.9 Å². The number of aromatic amines is 2. The fraction of sp³-hybridized carbons (Fsp3) is 0. The molecule has 15 heavy (non-hydrogen) atoms. The van der Waals surface area contributed by atoms with Crippen molar-refractivity contribution in [3.63, 3.8) is 0 Å². The summed E-state index contributed by atoms with van der Waals surface area (Å²) in [6.07, 6.45) is 1.37. The molecule has 0 amide bonds. The molecule has 0 saturated heterocycles. The van der Waals surface area contributed by atoms with Crippen LogP contribution >= 0.6 is 0 Å². The van der Waals surface area contributed by atoms with Gasteiger partial charge in [0.25, 0.3) is 5.56 Å². The number of fused-ring (bicyclic) bond motifs is 3. The number of nitrogens with one attached hydrogen (secondary N) is 2. The molecule has 0 radical (unpaired) electrons. The number of phenolic OH excluding ortho intramolecular Hbond substituents is 1. The molecule has 0 bridgehead atoms. The van der Waals surface area contributed by atoms with Crippen LogP contribution in [0.1, 0.15) is 0 Å². The molecular formula is C10H7N3O2. The average Bonchev–Trinajstić information content (AvgIpc) is 2.57. The lowest BCUT2D eigenvalue weighted by molar-refractivity contribution is 0.476. The lowest BCUT2D eigenvalue weighted by atomic mass is 10.2. The van der Waals surface area contributed by atoms with Gasteiger partial charge in [0.2, 0.25) is 0 Å². The summed E-state index contributed by atoms with van der Waals surface area (Å²) in [5, 5.41) is 10.1. The maximum atomic E-state index is 11.4. The third-order valence-corrected chi connectivity index (χ3v) is 2.37. The van der Waals surface area contributed by atoms with Gasteiger partial charge in [-0.1, -0.05) is 0 Å². The van der Waals surface area contributed by atoms with Crippen molar-refractivity contribution in [3.8, 4) is 5.75 Å². The van der Waals surface area contributed by atoms with E-state index in [0.717, 1.165) is 5.39 Å². The maximum Gasteiger partial charge on any atom is 0.275 e. The molecule has 0 fully saturated rings. The highest BCUT2D eigenvalue weighted by Gasteiger charge is 2.07. The molecule has 5 heteroatoms. The van der Waals surface area contributed by atoms with Gasteiger partial charge in [0.1, 0.15) is 16.8 Å². The standard InChI is InChI=1S/C10H7N3O2/c14-5-1-2-6-7(3-5)13-9-8(6)11-4-12-10(9)15/h1-4,13-14H,(H,11,12,15). The molecule has 3 aromatic rings. The van der Waals surface area contributed by atoms with Gasteiger partial charge >= 0.3 is 0 Å². The molecule has 5 nitrogen and oxygen atoms in total. The van der Waals surface area contributed by atoms with Crippen molar-refractivity contribution in [1.29, 1.82) is 0 Å². The molecule has 0 aliphatic carbocycles. The van der Waals surface area contributed by atoms with Gasteiger partial charge in [0.15, 0.2) is 0 Å². The molecule has 0 aliphatic rings. The second kappa shape index (κ2) is 2.60. The normalized spacial score (nSPS) is 11.2. The third kappa shape index (κ3) is 1.03. The molecule has 74 valence electrons. The van der Waals surface area contributed by atoms with E-state index in [4.69, 9.17) is 0 Å². The van der Waals surface area contributed by atoms with Crippen LogP contribution in [-0.4, -0.2) is 20.1 Å². The second-order valence-corrected chi connectivity index (χ2v) is 3.31. The molecule has 2 heterocycles. The zero-order chi connectivity index (χ0) is 10.4. The van der Waals surface area contributed by atoms with Gasteiger partial charge in [-0.3, -0.25) is 4.79 Å². The van der Waals surface area contributed by atoms with Crippen LogP contribution < -0.4 is 5.56 Å². The van der Waals surface area contributed by atoms with Crippen LogP contribution in [-0.2, 0) is 0 Å². The number of phenols is 1. The molecule has 3 rings (SSSR count). The van der Waals surface area contributed by atoms with Crippen molar-refractivity contribution in [2.75, 3.05) is 0 Å². The van der Waals surface area contributed by atoms with Crippen LogP contribution in [0.25, 0.3) is 21.9 Å².